The molecule has 0 unspecified atom stereocenters. The van der Waals surface area contributed by atoms with Crippen LogP contribution < -0.4 is 4.74 Å². The Morgan fingerprint density at radius 1 is 0.810 bits per heavy atom. The molecule has 2 nitrogen and oxygen atoms in total. The van der Waals surface area contributed by atoms with Gasteiger partial charge in [0.25, 0.3) is 0 Å². The van der Waals surface area contributed by atoms with E-state index in [-0.39, 0.29) is 5.41 Å². The van der Waals surface area contributed by atoms with Crippen molar-refractivity contribution in [3.63, 3.8) is 0 Å². The van der Waals surface area contributed by atoms with Crippen LogP contribution in [0.5, 0.6) is 5.75 Å². The summed E-state index contributed by atoms with van der Waals surface area (Å²) in [5.41, 5.74) is 1.88. The molecule has 1 rings (SSSR count). The quantitative estimate of drug-likeness (QED) is 0.643. The van der Waals surface area contributed by atoms with Crippen LogP contribution in [0.15, 0.2) is 24.3 Å². The molecule has 0 aliphatic heterocycles. The lowest BCUT2D eigenvalue weighted by atomic mass is 9.87. The topological polar surface area (TPSA) is 18.5 Å². The number of rotatable bonds is 7. The molecule has 2 heteroatoms. The first kappa shape index (κ1) is 18.0. The third-order valence-corrected chi connectivity index (χ3v) is 3.42. The van der Waals surface area contributed by atoms with Gasteiger partial charge in [0.05, 0.1) is 6.61 Å². The molecule has 0 saturated carbocycles. The fourth-order valence-electron chi connectivity index (χ4n) is 1.88. The molecule has 0 saturated heterocycles. The minimum atomic E-state index is 0.194. The highest BCUT2D eigenvalue weighted by Crippen LogP contribution is 2.24. The Hall–Kier alpha value is -1.02. The Kier molecular flexibility index (Phi) is 6.73. The van der Waals surface area contributed by atoms with Gasteiger partial charge in [0.15, 0.2) is 0 Å². The number of hydrogen-bond donors (Lipinski definition) is 0. The fourth-order valence-corrected chi connectivity index (χ4v) is 1.88. The molecule has 0 bridgehead atoms. The van der Waals surface area contributed by atoms with Crippen molar-refractivity contribution in [3.05, 3.63) is 29.8 Å². The number of ether oxygens (including phenoxy) is 2. The lowest BCUT2D eigenvalue weighted by molar-refractivity contribution is 0.0973. The van der Waals surface area contributed by atoms with Crippen LogP contribution in [0.1, 0.15) is 59.9 Å². The molecule has 0 aliphatic rings. The van der Waals surface area contributed by atoms with Gasteiger partial charge in [0.1, 0.15) is 5.75 Å². The van der Waals surface area contributed by atoms with Crippen molar-refractivity contribution in [2.45, 2.75) is 59.8 Å². The summed E-state index contributed by atoms with van der Waals surface area (Å²) in [7, 11) is 0. The summed E-state index contributed by atoms with van der Waals surface area (Å²) in [6.07, 6.45) is 2.04. The van der Waals surface area contributed by atoms with Crippen LogP contribution in [0.3, 0.4) is 0 Å². The third-order valence-electron chi connectivity index (χ3n) is 3.42. The number of benzene rings is 1. The highest BCUT2D eigenvalue weighted by Gasteiger charge is 2.13. The molecule has 1 aromatic carbocycles. The van der Waals surface area contributed by atoms with E-state index < -0.39 is 0 Å². The SMILES string of the molecule is CC(C)(C)CCOCCCOc1ccc(C(C)(C)C)cc1. The Balaban J connectivity index is 2.16. The second kappa shape index (κ2) is 7.84. The van der Waals surface area contributed by atoms with Gasteiger partial charge in [-0.05, 0) is 34.9 Å². The van der Waals surface area contributed by atoms with Crippen LogP contribution in [0, 0.1) is 5.41 Å². The molecule has 1 aromatic rings. The van der Waals surface area contributed by atoms with Gasteiger partial charge in [-0.25, -0.2) is 0 Å². The number of hydrogen-bond acceptors (Lipinski definition) is 2. The minimum absolute atomic E-state index is 0.194. The molecule has 0 amide bonds. The largest absolute Gasteiger partial charge is 0.494 e. The predicted octanol–water partition coefficient (Wildman–Crippen LogP) is 5.21. The van der Waals surface area contributed by atoms with Crippen molar-refractivity contribution < 1.29 is 9.47 Å². The van der Waals surface area contributed by atoms with Gasteiger partial charge < -0.3 is 9.47 Å². The summed E-state index contributed by atoms with van der Waals surface area (Å²) in [5.74, 6) is 0.942. The van der Waals surface area contributed by atoms with Gasteiger partial charge >= 0.3 is 0 Å². The average Bonchev–Trinajstić information content (AvgIpc) is 2.36. The lowest BCUT2D eigenvalue weighted by Crippen LogP contribution is -2.11. The predicted molar refractivity (Wildman–Crippen MR) is 90.1 cm³/mol. The van der Waals surface area contributed by atoms with E-state index in [0.29, 0.717) is 12.0 Å². The van der Waals surface area contributed by atoms with E-state index in [2.05, 4.69) is 65.8 Å². The van der Waals surface area contributed by atoms with Crippen LogP contribution in [-0.4, -0.2) is 19.8 Å². The molecule has 21 heavy (non-hydrogen) atoms. The lowest BCUT2D eigenvalue weighted by Gasteiger charge is -2.19. The minimum Gasteiger partial charge on any atom is -0.494 e. The van der Waals surface area contributed by atoms with E-state index in [9.17, 15) is 0 Å². The summed E-state index contributed by atoms with van der Waals surface area (Å²) < 4.78 is 11.4. The molecule has 0 radical (unpaired) electrons. The average molecular weight is 292 g/mol. The second-order valence-electron chi connectivity index (χ2n) is 7.90. The zero-order valence-electron chi connectivity index (χ0n) is 14.7. The van der Waals surface area contributed by atoms with Crippen molar-refractivity contribution in [1.82, 2.24) is 0 Å². The molecule has 0 aromatic heterocycles. The molecular weight excluding hydrogens is 260 g/mol. The second-order valence-corrected chi connectivity index (χ2v) is 7.90. The molecule has 0 heterocycles. The monoisotopic (exact) mass is 292 g/mol. The van der Waals surface area contributed by atoms with E-state index in [4.69, 9.17) is 9.47 Å². The van der Waals surface area contributed by atoms with E-state index in [1.54, 1.807) is 0 Å². The van der Waals surface area contributed by atoms with Gasteiger partial charge in [-0.1, -0.05) is 53.7 Å². The Bertz CT molecular complexity index is 393. The maximum atomic E-state index is 5.74. The van der Waals surface area contributed by atoms with Gasteiger partial charge in [0, 0.05) is 19.6 Å². The van der Waals surface area contributed by atoms with Crippen LogP contribution >= 0.6 is 0 Å². The molecule has 0 atom stereocenters. The summed E-state index contributed by atoms with van der Waals surface area (Å²) in [4.78, 5) is 0. The first-order chi connectivity index (χ1) is 9.68. The maximum Gasteiger partial charge on any atom is 0.119 e. The van der Waals surface area contributed by atoms with Crippen LogP contribution in [0.2, 0.25) is 0 Å². The normalized spacial score (nSPS) is 12.5. The zero-order valence-corrected chi connectivity index (χ0v) is 14.7. The van der Waals surface area contributed by atoms with E-state index in [1.165, 1.54) is 5.56 Å². The highest BCUT2D eigenvalue weighted by molar-refractivity contribution is 5.31. The maximum absolute atomic E-state index is 5.74. The third kappa shape index (κ3) is 8.11. The molecule has 0 spiro atoms. The molecular formula is C19H32O2. The standard InChI is InChI=1S/C19H32O2/c1-18(2,3)12-15-20-13-7-14-21-17-10-8-16(9-11-17)19(4,5)6/h8-11H,7,12-15H2,1-6H3. The van der Waals surface area contributed by atoms with Crippen LogP contribution in [-0.2, 0) is 10.2 Å². The van der Waals surface area contributed by atoms with Crippen LogP contribution in [0.25, 0.3) is 0 Å². The van der Waals surface area contributed by atoms with Crippen molar-refractivity contribution >= 4 is 0 Å². The van der Waals surface area contributed by atoms with Gasteiger partial charge in [-0.3, -0.25) is 0 Å². The fraction of sp³-hybridized carbons (Fsp3) is 0.684. The highest BCUT2D eigenvalue weighted by atomic mass is 16.5. The smallest absolute Gasteiger partial charge is 0.119 e. The molecule has 0 aliphatic carbocycles. The first-order valence-electron chi connectivity index (χ1n) is 8.00. The summed E-state index contributed by atoms with van der Waals surface area (Å²) >= 11 is 0. The van der Waals surface area contributed by atoms with Gasteiger partial charge in [-0.2, -0.15) is 0 Å². The van der Waals surface area contributed by atoms with E-state index in [1.807, 2.05) is 0 Å². The summed E-state index contributed by atoms with van der Waals surface area (Å²) in [6.45, 7) is 15.7. The Labute approximate surface area is 130 Å². The summed E-state index contributed by atoms with van der Waals surface area (Å²) in [6, 6.07) is 8.41. The molecule has 0 N–H and O–H groups in total. The molecule has 0 fully saturated rings. The first-order valence-corrected chi connectivity index (χ1v) is 8.00. The van der Waals surface area contributed by atoms with Gasteiger partial charge in [0.2, 0.25) is 0 Å². The zero-order chi connectivity index (χ0) is 15.9. The van der Waals surface area contributed by atoms with Crippen molar-refractivity contribution in [3.8, 4) is 5.75 Å². The van der Waals surface area contributed by atoms with Crippen molar-refractivity contribution in [2.24, 2.45) is 5.41 Å². The molecule has 120 valence electrons. The van der Waals surface area contributed by atoms with E-state index in [0.717, 1.165) is 31.8 Å². The summed E-state index contributed by atoms with van der Waals surface area (Å²) in [5, 5.41) is 0. The van der Waals surface area contributed by atoms with Crippen molar-refractivity contribution in [2.75, 3.05) is 19.8 Å². The van der Waals surface area contributed by atoms with Gasteiger partial charge in [-0.15, -0.1) is 0 Å². The van der Waals surface area contributed by atoms with Crippen LogP contribution in [0.4, 0.5) is 0 Å². The Morgan fingerprint density at radius 2 is 1.43 bits per heavy atom. The van der Waals surface area contributed by atoms with E-state index >= 15 is 0 Å². The van der Waals surface area contributed by atoms with Crippen molar-refractivity contribution in [1.29, 1.82) is 0 Å². The Morgan fingerprint density at radius 3 is 1.95 bits per heavy atom.